The number of aliphatic hydroxyl groups excluding tert-OH is 1. The molecular formula is C20H36O. The van der Waals surface area contributed by atoms with Crippen molar-refractivity contribution in [3.63, 3.8) is 0 Å². The number of hydrogen-bond acceptors (Lipinski definition) is 1. The molecule has 2 rings (SSSR count). The molecule has 2 saturated carbocycles. The van der Waals surface area contributed by atoms with Crippen molar-refractivity contribution >= 4 is 0 Å². The van der Waals surface area contributed by atoms with E-state index in [1.54, 1.807) is 12.8 Å². The van der Waals surface area contributed by atoms with Crippen LogP contribution in [0.2, 0.25) is 0 Å². The standard InChI is InChI=1S/C20H36O/c1-2-3-8-11-17-14-19(17)16-20-15-18(20)12-9-6-4-5-7-10-13-21/h6,9,17-21H,2-5,7-8,10-16H2,1H3/t17-,18+,19-,20+/m0/s1. The second-order valence-corrected chi connectivity index (χ2v) is 7.52. The van der Waals surface area contributed by atoms with Gasteiger partial charge in [-0.25, -0.2) is 0 Å². The highest BCUT2D eigenvalue weighted by atomic mass is 16.2. The van der Waals surface area contributed by atoms with E-state index in [9.17, 15) is 0 Å². The third-order valence-electron chi connectivity index (χ3n) is 5.56. The van der Waals surface area contributed by atoms with Gasteiger partial charge in [-0.3, -0.25) is 0 Å². The van der Waals surface area contributed by atoms with E-state index in [2.05, 4.69) is 19.1 Å². The summed E-state index contributed by atoms with van der Waals surface area (Å²) in [5.74, 6) is 4.32. The highest BCUT2D eigenvalue weighted by Gasteiger charge is 2.44. The van der Waals surface area contributed by atoms with Crippen molar-refractivity contribution in [3.8, 4) is 0 Å². The number of unbranched alkanes of at least 4 members (excludes halogenated alkanes) is 5. The molecule has 2 aliphatic carbocycles. The zero-order chi connectivity index (χ0) is 14.9. The average Bonchev–Trinajstić information content (AvgIpc) is 3.39. The van der Waals surface area contributed by atoms with Crippen LogP contribution in [0.15, 0.2) is 12.2 Å². The molecule has 0 saturated heterocycles. The average molecular weight is 293 g/mol. The molecule has 0 aliphatic heterocycles. The summed E-state index contributed by atoms with van der Waals surface area (Å²) in [5.41, 5.74) is 0. The summed E-state index contributed by atoms with van der Waals surface area (Å²) in [6.45, 7) is 2.66. The summed E-state index contributed by atoms with van der Waals surface area (Å²) in [4.78, 5) is 0. The van der Waals surface area contributed by atoms with Crippen molar-refractivity contribution in [2.45, 2.75) is 84.0 Å². The predicted octanol–water partition coefficient (Wildman–Crippen LogP) is 5.73. The van der Waals surface area contributed by atoms with Gasteiger partial charge < -0.3 is 5.11 Å². The lowest BCUT2D eigenvalue weighted by Gasteiger charge is -2.00. The zero-order valence-corrected chi connectivity index (χ0v) is 14.1. The molecule has 0 spiro atoms. The Kier molecular flexibility index (Phi) is 7.85. The van der Waals surface area contributed by atoms with Crippen LogP contribution in [0.3, 0.4) is 0 Å². The lowest BCUT2D eigenvalue weighted by molar-refractivity contribution is 0.283. The normalized spacial score (nSPS) is 31.0. The third-order valence-corrected chi connectivity index (χ3v) is 5.56. The van der Waals surface area contributed by atoms with E-state index in [-0.39, 0.29) is 0 Å². The van der Waals surface area contributed by atoms with Gasteiger partial charge in [0.05, 0.1) is 0 Å². The SMILES string of the molecule is CCCCC[C@H]1C[C@H]1C[C@H]1C[C@H]1CC=CCCCCCO. The predicted molar refractivity (Wildman–Crippen MR) is 91.3 cm³/mol. The van der Waals surface area contributed by atoms with Crippen LogP contribution in [-0.2, 0) is 0 Å². The Morgan fingerprint density at radius 1 is 0.857 bits per heavy atom. The van der Waals surface area contributed by atoms with E-state index >= 15 is 0 Å². The molecule has 1 nitrogen and oxygen atoms in total. The molecule has 0 unspecified atom stereocenters. The van der Waals surface area contributed by atoms with Crippen molar-refractivity contribution < 1.29 is 5.11 Å². The quantitative estimate of drug-likeness (QED) is 0.339. The molecule has 0 aromatic rings. The minimum atomic E-state index is 0.355. The van der Waals surface area contributed by atoms with Gasteiger partial charge in [-0.2, -0.15) is 0 Å². The Morgan fingerprint density at radius 2 is 1.67 bits per heavy atom. The maximum atomic E-state index is 8.72. The van der Waals surface area contributed by atoms with Crippen molar-refractivity contribution in [1.82, 2.24) is 0 Å². The topological polar surface area (TPSA) is 20.2 Å². The van der Waals surface area contributed by atoms with E-state index in [0.29, 0.717) is 6.61 Å². The molecule has 0 aromatic carbocycles. The molecule has 21 heavy (non-hydrogen) atoms. The highest BCUT2D eigenvalue weighted by Crippen LogP contribution is 2.54. The van der Waals surface area contributed by atoms with Gasteiger partial charge in [0, 0.05) is 6.61 Å². The molecule has 0 amide bonds. The van der Waals surface area contributed by atoms with Gasteiger partial charge in [0.25, 0.3) is 0 Å². The lowest BCUT2D eigenvalue weighted by atomic mass is 10.1. The van der Waals surface area contributed by atoms with Gasteiger partial charge in [-0.05, 0) is 68.6 Å². The van der Waals surface area contributed by atoms with Crippen LogP contribution in [0, 0.1) is 23.7 Å². The summed E-state index contributed by atoms with van der Waals surface area (Å²) in [6, 6.07) is 0. The molecule has 0 heterocycles. The van der Waals surface area contributed by atoms with Crippen molar-refractivity contribution in [2.24, 2.45) is 23.7 Å². The molecule has 4 atom stereocenters. The molecular weight excluding hydrogens is 256 g/mol. The van der Waals surface area contributed by atoms with Crippen LogP contribution < -0.4 is 0 Å². The van der Waals surface area contributed by atoms with Crippen LogP contribution in [0.1, 0.15) is 84.0 Å². The first-order chi connectivity index (χ1) is 10.3. The van der Waals surface area contributed by atoms with Gasteiger partial charge in [0.15, 0.2) is 0 Å². The molecule has 122 valence electrons. The largest absolute Gasteiger partial charge is 0.396 e. The third kappa shape index (κ3) is 7.00. The first-order valence-electron chi connectivity index (χ1n) is 9.61. The Labute approximate surface area is 132 Å². The Balaban J connectivity index is 1.41. The summed E-state index contributed by atoms with van der Waals surface area (Å²) in [7, 11) is 0. The Bertz CT molecular complexity index is 296. The van der Waals surface area contributed by atoms with E-state index in [1.807, 2.05) is 0 Å². The maximum Gasteiger partial charge on any atom is 0.0431 e. The number of hydrogen-bond donors (Lipinski definition) is 1. The van der Waals surface area contributed by atoms with Gasteiger partial charge >= 0.3 is 0 Å². The van der Waals surface area contributed by atoms with E-state index in [0.717, 1.165) is 30.1 Å². The van der Waals surface area contributed by atoms with Crippen LogP contribution in [0.5, 0.6) is 0 Å². The molecule has 0 aromatic heterocycles. The minimum absolute atomic E-state index is 0.355. The second-order valence-electron chi connectivity index (χ2n) is 7.52. The van der Waals surface area contributed by atoms with Crippen LogP contribution in [0.4, 0.5) is 0 Å². The highest BCUT2D eigenvalue weighted by molar-refractivity contribution is 4.98. The van der Waals surface area contributed by atoms with Gasteiger partial charge in [0.2, 0.25) is 0 Å². The van der Waals surface area contributed by atoms with Crippen LogP contribution >= 0.6 is 0 Å². The smallest absolute Gasteiger partial charge is 0.0431 e. The number of aliphatic hydroxyl groups is 1. The lowest BCUT2D eigenvalue weighted by Crippen LogP contribution is -1.88. The summed E-state index contributed by atoms with van der Waals surface area (Å²) in [5, 5.41) is 8.72. The fraction of sp³-hybridized carbons (Fsp3) is 0.900. The van der Waals surface area contributed by atoms with Gasteiger partial charge in [-0.1, -0.05) is 51.2 Å². The van der Waals surface area contributed by atoms with Gasteiger partial charge in [-0.15, -0.1) is 0 Å². The molecule has 0 radical (unpaired) electrons. The molecule has 1 N–H and O–H groups in total. The molecule has 2 aliphatic rings. The zero-order valence-electron chi connectivity index (χ0n) is 14.1. The fourth-order valence-electron chi connectivity index (χ4n) is 3.83. The Hall–Kier alpha value is -0.300. The van der Waals surface area contributed by atoms with Crippen molar-refractivity contribution in [2.75, 3.05) is 6.61 Å². The van der Waals surface area contributed by atoms with Crippen molar-refractivity contribution in [3.05, 3.63) is 12.2 Å². The maximum absolute atomic E-state index is 8.72. The number of rotatable bonds is 13. The fourth-order valence-corrected chi connectivity index (χ4v) is 3.83. The van der Waals surface area contributed by atoms with E-state index in [4.69, 9.17) is 5.11 Å². The Morgan fingerprint density at radius 3 is 2.48 bits per heavy atom. The summed E-state index contributed by atoms with van der Waals surface area (Å²) < 4.78 is 0. The van der Waals surface area contributed by atoms with Crippen molar-refractivity contribution in [1.29, 1.82) is 0 Å². The first-order valence-corrected chi connectivity index (χ1v) is 9.61. The summed E-state index contributed by atoms with van der Waals surface area (Å²) >= 11 is 0. The van der Waals surface area contributed by atoms with E-state index < -0.39 is 0 Å². The number of allylic oxidation sites excluding steroid dienone is 2. The van der Waals surface area contributed by atoms with Crippen LogP contribution in [-0.4, -0.2) is 11.7 Å². The molecule has 2 fully saturated rings. The monoisotopic (exact) mass is 292 g/mol. The second kappa shape index (κ2) is 9.66. The van der Waals surface area contributed by atoms with Crippen LogP contribution in [0.25, 0.3) is 0 Å². The molecule has 1 heteroatoms. The first kappa shape index (κ1) is 17.1. The summed E-state index contributed by atoms with van der Waals surface area (Å²) in [6.07, 6.45) is 21.1. The van der Waals surface area contributed by atoms with Gasteiger partial charge in [0.1, 0.15) is 0 Å². The molecule has 0 bridgehead atoms. The van der Waals surface area contributed by atoms with E-state index in [1.165, 1.54) is 57.8 Å². The minimum Gasteiger partial charge on any atom is -0.396 e.